The summed E-state index contributed by atoms with van der Waals surface area (Å²) in [6.45, 7) is 14.9. The van der Waals surface area contributed by atoms with Gasteiger partial charge in [0.2, 0.25) is 0 Å². The van der Waals surface area contributed by atoms with Crippen molar-refractivity contribution in [3.63, 3.8) is 0 Å². The third kappa shape index (κ3) is 4.84. The highest BCUT2D eigenvalue weighted by molar-refractivity contribution is 4.79. The van der Waals surface area contributed by atoms with E-state index in [2.05, 4.69) is 44.8 Å². The van der Waals surface area contributed by atoms with Crippen molar-refractivity contribution in [2.24, 2.45) is 5.92 Å². The highest BCUT2D eigenvalue weighted by Crippen LogP contribution is 2.27. The Balaban J connectivity index is 2.27. The van der Waals surface area contributed by atoms with Crippen LogP contribution in [-0.4, -0.2) is 36.1 Å². The minimum atomic E-state index is 0.240. The van der Waals surface area contributed by atoms with Crippen molar-refractivity contribution in [1.82, 2.24) is 10.2 Å². The number of nitrogens with zero attached hydrogens (tertiary/aromatic N) is 1. The summed E-state index contributed by atoms with van der Waals surface area (Å²) >= 11 is 0. The van der Waals surface area contributed by atoms with Gasteiger partial charge in [0.25, 0.3) is 0 Å². The van der Waals surface area contributed by atoms with E-state index in [4.69, 9.17) is 0 Å². The molecule has 96 valence electrons. The molecule has 1 aliphatic rings. The van der Waals surface area contributed by atoms with Gasteiger partial charge in [-0.05, 0) is 53.0 Å². The van der Waals surface area contributed by atoms with E-state index in [1.54, 1.807) is 0 Å². The molecule has 0 spiro atoms. The van der Waals surface area contributed by atoms with Gasteiger partial charge in [-0.3, -0.25) is 4.90 Å². The van der Waals surface area contributed by atoms with Gasteiger partial charge in [-0.25, -0.2) is 0 Å². The van der Waals surface area contributed by atoms with Crippen LogP contribution in [0.1, 0.15) is 53.9 Å². The molecule has 0 saturated heterocycles. The Morgan fingerprint density at radius 2 is 1.94 bits per heavy atom. The maximum atomic E-state index is 3.60. The lowest BCUT2D eigenvalue weighted by molar-refractivity contribution is 0.140. The average Bonchev–Trinajstić information content (AvgIpc) is 2.12. The van der Waals surface area contributed by atoms with Crippen molar-refractivity contribution in [1.29, 1.82) is 0 Å². The van der Waals surface area contributed by atoms with Crippen LogP contribution in [0.4, 0.5) is 0 Å². The van der Waals surface area contributed by atoms with E-state index in [0.29, 0.717) is 6.04 Å². The number of rotatable bonds is 6. The van der Waals surface area contributed by atoms with Gasteiger partial charge in [-0.2, -0.15) is 0 Å². The first-order chi connectivity index (χ1) is 7.42. The lowest BCUT2D eigenvalue weighted by Crippen LogP contribution is -2.48. The van der Waals surface area contributed by atoms with Crippen LogP contribution in [0.2, 0.25) is 0 Å². The first-order valence-corrected chi connectivity index (χ1v) is 6.91. The zero-order chi connectivity index (χ0) is 12.2. The van der Waals surface area contributed by atoms with Gasteiger partial charge in [0.1, 0.15) is 0 Å². The van der Waals surface area contributed by atoms with Crippen LogP contribution in [0.5, 0.6) is 0 Å². The molecule has 0 aromatic carbocycles. The SMILES string of the molecule is CCN(CC1CCC1)C(C)CNC(C)(C)C. The second kappa shape index (κ2) is 6.02. The van der Waals surface area contributed by atoms with Gasteiger partial charge in [0.15, 0.2) is 0 Å². The van der Waals surface area contributed by atoms with Gasteiger partial charge < -0.3 is 5.32 Å². The van der Waals surface area contributed by atoms with Crippen LogP contribution < -0.4 is 5.32 Å². The molecule has 16 heavy (non-hydrogen) atoms. The van der Waals surface area contributed by atoms with Gasteiger partial charge in [0.05, 0.1) is 0 Å². The molecule has 1 unspecified atom stereocenters. The zero-order valence-corrected chi connectivity index (χ0v) is 11.8. The van der Waals surface area contributed by atoms with Gasteiger partial charge in [0, 0.05) is 24.7 Å². The molecule has 0 bridgehead atoms. The minimum absolute atomic E-state index is 0.240. The summed E-state index contributed by atoms with van der Waals surface area (Å²) in [5.41, 5.74) is 0.240. The summed E-state index contributed by atoms with van der Waals surface area (Å²) in [5.74, 6) is 0.983. The molecule has 2 heteroatoms. The van der Waals surface area contributed by atoms with E-state index in [1.807, 2.05) is 0 Å². The first kappa shape index (κ1) is 14.0. The highest BCUT2D eigenvalue weighted by Gasteiger charge is 2.23. The smallest absolute Gasteiger partial charge is 0.0192 e. The van der Waals surface area contributed by atoms with E-state index in [0.717, 1.165) is 12.5 Å². The summed E-state index contributed by atoms with van der Waals surface area (Å²) in [7, 11) is 0. The molecule has 0 amide bonds. The van der Waals surface area contributed by atoms with E-state index < -0.39 is 0 Å². The summed E-state index contributed by atoms with van der Waals surface area (Å²) in [4.78, 5) is 2.63. The first-order valence-electron chi connectivity index (χ1n) is 6.91. The summed E-state index contributed by atoms with van der Waals surface area (Å²) in [6.07, 6.45) is 4.36. The van der Waals surface area contributed by atoms with Gasteiger partial charge >= 0.3 is 0 Å². The summed E-state index contributed by atoms with van der Waals surface area (Å²) in [6, 6.07) is 0.657. The fourth-order valence-electron chi connectivity index (χ4n) is 2.21. The van der Waals surface area contributed by atoms with E-state index in [9.17, 15) is 0 Å². The topological polar surface area (TPSA) is 15.3 Å². The van der Waals surface area contributed by atoms with Crippen molar-refractivity contribution < 1.29 is 0 Å². The fourth-order valence-corrected chi connectivity index (χ4v) is 2.21. The summed E-state index contributed by atoms with van der Waals surface area (Å²) in [5, 5.41) is 3.60. The molecule has 0 aromatic rings. The molecular formula is C14H30N2. The monoisotopic (exact) mass is 226 g/mol. The zero-order valence-electron chi connectivity index (χ0n) is 11.8. The van der Waals surface area contributed by atoms with Gasteiger partial charge in [-0.1, -0.05) is 13.3 Å². The Labute approximate surface area is 102 Å². The molecule has 1 saturated carbocycles. The number of hydrogen-bond donors (Lipinski definition) is 1. The van der Waals surface area contributed by atoms with Crippen LogP contribution in [0.25, 0.3) is 0 Å². The fraction of sp³-hybridized carbons (Fsp3) is 1.00. The average molecular weight is 226 g/mol. The lowest BCUT2D eigenvalue weighted by atomic mass is 9.85. The van der Waals surface area contributed by atoms with E-state index in [1.165, 1.54) is 32.4 Å². The maximum absolute atomic E-state index is 3.60. The second-order valence-electron chi connectivity index (χ2n) is 6.36. The van der Waals surface area contributed by atoms with Crippen molar-refractivity contribution in [2.75, 3.05) is 19.6 Å². The minimum Gasteiger partial charge on any atom is -0.311 e. The van der Waals surface area contributed by atoms with Crippen LogP contribution in [0, 0.1) is 5.92 Å². The Morgan fingerprint density at radius 3 is 2.31 bits per heavy atom. The second-order valence-corrected chi connectivity index (χ2v) is 6.36. The normalized spacial score (nSPS) is 19.9. The van der Waals surface area contributed by atoms with Crippen molar-refractivity contribution in [3.05, 3.63) is 0 Å². The predicted octanol–water partition coefficient (Wildman–Crippen LogP) is 2.89. The number of nitrogens with one attached hydrogen (secondary N) is 1. The largest absolute Gasteiger partial charge is 0.311 e. The lowest BCUT2D eigenvalue weighted by Gasteiger charge is -2.36. The molecule has 1 aliphatic carbocycles. The molecule has 1 atom stereocenters. The van der Waals surface area contributed by atoms with E-state index in [-0.39, 0.29) is 5.54 Å². The number of hydrogen-bond acceptors (Lipinski definition) is 2. The molecule has 0 aromatic heterocycles. The third-order valence-electron chi connectivity index (χ3n) is 3.67. The molecule has 1 N–H and O–H groups in total. The standard InChI is InChI=1S/C14H30N2/c1-6-16(11-13-8-7-9-13)12(2)10-15-14(3,4)5/h12-13,15H,6-11H2,1-5H3. The van der Waals surface area contributed by atoms with Crippen LogP contribution in [0.3, 0.4) is 0 Å². The van der Waals surface area contributed by atoms with Crippen LogP contribution >= 0.6 is 0 Å². The van der Waals surface area contributed by atoms with Gasteiger partial charge in [-0.15, -0.1) is 0 Å². The molecule has 0 aliphatic heterocycles. The molecule has 1 fully saturated rings. The molecule has 1 rings (SSSR count). The summed E-state index contributed by atoms with van der Waals surface area (Å²) < 4.78 is 0. The van der Waals surface area contributed by atoms with E-state index >= 15 is 0 Å². The Hall–Kier alpha value is -0.0800. The Bertz CT molecular complexity index is 191. The molecular weight excluding hydrogens is 196 g/mol. The predicted molar refractivity (Wildman–Crippen MR) is 71.8 cm³/mol. The maximum Gasteiger partial charge on any atom is 0.0192 e. The third-order valence-corrected chi connectivity index (χ3v) is 3.67. The number of likely N-dealkylation sites (N-methyl/N-ethyl adjacent to an activating group) is 1. The van der Waals surface area contributed by atoms with Crippen LogP contribution in [-0.2, 0) is 0 Å². The molecule has 0 radical (unpaired) electrons. The highest BCUT2D eigenvalue weighted by atomic mass is 15.2. The van der Waals surface area contributed by atoms with Crippen molar-refractivity contribution in [2.45, 2.75) is 65.5 Å². The quantitative estimate of drug-likeness (QED) is 0.749. The Kier molecular flexibility index (Phi) is 5.26. The van der Waals surface area contributed by atoms with Crippen LogP contribution in [0.15, 0.2) is 0 Å². The molecule has 2 nitrogen and oxygen atoms in total. The molecule has 0 heterocycles. The van der Waals surface area contributed by atoms with Crippen molar-refractivity contribution in [3.8, 4) is 0 Å². The van der Waals surface area contributed by atoms with Crippen molar-refractivity contribution >= 4 is 0 Å². The Morgan fingerprint density at radius 1 is 1.31 bits per heavy atom.